The first-order valence-corrected chi connectivity index (χ1v) is 12.0. The molecule has 1 saturated heterocycles. The second-order valence-electron chi connectivity index (χ2n) is 8.64. The van der Waals surface area contributed by atoms with Gasteiger partial charge in [0.2, 0.25) is 5.82 Å². The lowest BCUT2D eigenvalue weighted by atomic mass is 10.1. The summed E-state index contributed by atoms with van der Waals surface area (Å²) in [6, 6.07) is 10.7. The molecule has 5 rings (SSSR count). The lowest BCUT2D eigenvalue weighted by Gasteiger charge is -2.36. The standard InChI is InChI=1S/C26H26N10O2/c1-34-16-20(30-17-34)26(38)29-9-4-7-23-28-10-8-24(31-23)36-13-11-35(12-14-36)21-15-19(32-33-25(21)27)18-5-2-3-6-22(18)37/h2-3,5-6,8,10,15-17,37H,9,11-14H2,1H3,(H2,27,33)(H,29,38). The van der Waals surface area contributed by atoms with E-state index in [0.29, 0.717) is 54.8 Å². The number of phenolic OH excluding ortho intramolecular Hbond substituents is 1. The molecule has 0 spiro atoms. The van der Waals surface area contributed by atoms with Gasteiger partial charge in [0, 0.05) is 51.2 Å². The molecular weight excluding hydrogens is 484 g/mol. The number of anilines is 3. The second-order valence-corrected chi connectivity index (χ2v) is 8.64. The summed E-state index contributed by atoms with van der Waals surface area (Å²) in [6.45, 7) is 2.96. The van der Waals surface area contributed by atoms with Gasteiger partial charge in [-0.05, 0) is 30.2 Å². The fraction of sp³-hybridized carbons (Fsp3) is 0.231. The number of aryl methyl sites for hydroxylation is 1. The number of nitrogens with two attached hydrogens (primary N) is 1. The van der Waals surface area contributed by atoms with Crippen molar-refractivity contribution in [3.8, 4) is 28.8 Å². The van der Waals surface area contributed by atoms with Crippen LogP contribution < -0.4 is 20.9 Å². The van der Waals surface area contributed by atoms with E-state index in [9.17, 15) is 9.90 Å². The smallest absolute Gasteiger partial charge is 0.272 e. The minimum absolute atomic E-state index is 0.139. The Morgan fingerprint density at radius 2 is 1.89 bits per heavy atom. The van der Waals surface area contributed by atoms with E-state index in [0.717, 1.165) is 11.5 Å². The highest BCUT2D eigenvalue weighted by atomic mass is 16.3. The Morgan fingerprint density at radius 1 is 1.11 bits per heavy atom. The molecule has 38 heavy (non-hydrogen) atoms. The predicted molar refractivity (Wildman–Crippen MR) is 142 cm³/mol. The van der Waals surface area contributed by atoms with Gasteiger partial charge in [0.15, 0.2) is 5.82 Å². The lowest BCUT2D eigenvalue weighted by molar-refractivity contribution is 0.0954. The fourth-order valence-corrected chi connectivity index (χ4v) is 4.10. The fourth-order valence-electron chi connectivity index (χ4n) is 4.10. The van der Waals surface area contributed by atoms with Crippen LogP contribution in [0.4, 0.5) is 17.3 Å². The molecule has 1 aliphatic rings. The highest BCUT2D eigenvalue weighted by Crippen LogP contribution is 2.31. The molecular formula is C26H26N10O2. The maximum absolute atomic E-state index is 12.1. The highest BCUT2D eigenvalue weighted by Gasteiger charge is 2.22. The Labute approximate surface area is 219 Å². The molecule has 12 heteroatoms. The summed E-state index contributed by atoms with van der Waals surface area (Å²) in [5.74, 6) is 7.14. The van der Waals surface area contributed by atoms with E-state index in [1.54, 1.807) is 48.5 Å². The van der Waals surface area contributed by atoms with E-state index in [-0.39, 0.29) is 18.2 Å². The monoisotopic (exact) mass is 510 g/mol. The predicted octanol–water partition coefficient (Wildman–Crippen LogP) is 1.06. The number of nitrogen functional groups attached to an aromatic ring is 1. The van der Waals surface area contributed by atoms with Crippen LogP contribution in [0.25, 0.3) is 11.3 Å². The maximum Gasteiger partial charge on any atom is 0.272 e. The second kappa shape index (κ2) is 10.8. The van der Waals surface area contributed by atoms with Crippen molar-refractivity contribution < 1.29 is 9.90 Å². The van der Waals surface area contributed by atoms with Gasteiger partial charge in [-0.1, -0.05) is 18.1 Å². The first kappa shape index (κ1) is 24.5. The molecule has 0 atom stereocenters. The van der Waals surface area contributed by atoms with Crippen LogP contribution in [0.2, 0.25) is 0 Å². The van der Waals surface area contributed by atoms with Gasteiger partial charge in [-0.25, -0.2) is 15.0 Å². The third kappa shape index (κ3) is 5.46. The van der Waals surface area contributed by atoms with E-state index in [1.165, 1.54) is 0 Å². The number of rotatable bonds is 5. The van der Waals surface area contributed by atoms with Crippen LogP contribution >= 0.6 is 0 Å². The van der Waals surface area contributed by atoms with Gasteiger partial charge in [0.05, 0.1) is 24.3 Å². The van der Waals surface area contributed by atoms with Gasteiger partial charge in [-0.15, -0.1) is 10.2 Å². The summed E-state index contributed by atoms with van der Waals surface area (Å²) in [7, 11) is 1.80. The van der Waals surface area contributed by atoms with E-state index < -0.39 is 0 Å². The first-order valence-electron chi connectivity index (χ1n) is 12.0. The maximum atomic E-state index is 12.1. The quantitative estimate of drug-likeness (QED) is 0.333. The van der Waals surface area contributed by atoms with Crippen LogP contribution in [0.3, 0.4) is 0 Å². The van der Waals surface area contributed by atoms with Crippen LogP contribution in [0, 0.1) is 11.8 Å². The van der Waals surface area contributed by atoms with Crippen LogP contribution in [0.15, 0.2) is 55.1 Å². The topological polar surface area (TPSA) is 151 Å². The molecule has 12 nitrogen and oxygen atoms in total. The van der Waals surface area contributed by atoms with Crippen molar-refractivity contribution in [1.29, 1.82) is 0 Å². The Kier molecular flexibility index (Phi) is 6.99. The van der Waals surface area contributed by atoms with Crippen molar-refractivity contribution in [1.82, 2.24) is 35.0 Å². The van der Waals surface area contributed by atoms with Gasteiger partial charge >= 0.3 is 0 Å². The third-order valence-electron chi connectivity index (χ3n) is 6.04. The molecule has 4 N–H and O–H groups in total. The number of hydrogen-bond donors (Lipinski definition) is 3. The summed E-state index contributed by atoms with van der Waals surface area (Å²) in [5, 5.41) is 21.2. The Bertz CT molecular complexity index is 1520. The Morgan fingerprint density at radius 3 is 2.66 bits per heavy atom. The van der Waals surface area contributed by atoms with Crippen LogP contribution in [0.5, 0.6) is 5.75 Å². The highest BCUT2D eigenvalue weighted by molar-refractivity contribution is 5.92. The lowest BCUT2D eigenvalue weighted by Crippen LogP contribution is -2.47. The zero-order valence-electron chi connectivity index (χ0n) is 20.7. The number of aromatic hydroxyl groups is 1. The summed E-state index contributed by atoms with van der Waals surface area (Å²) >= 11 is 0. The number of benzene rings is 1. The molecule has 0 radical (unpaired) electrons. The minimum Gasteiger partial charge on any atom is -0.507 e. The molecule has 0 aliphatic carbocycles. The third-order valence-corrected chi connectivity index (χ3v) is 6.04. The summed E-state index contributed by atoms with van der Waals surface area (Å²) in [4.78, 5) is 29.2. The molecule has 1 aliphatic heterocycles. The number of piperazine rings is 1. The van der Waals surface area contributed by atoms with Gasteiger partial charge in [-0.2, -0.15) is 0 Å². The number of amides is 1. The van der Waals surface area contributed by atoms with Crippen LogP contribution in [-0.2, 0) is 7.05 Å². The number of nitrogens with one attached hydrogen (secondary N) is 1. The number of aromatic nitrogens is 6. The average molecular weight is 511 g/mol. The molecule has 4 aromatic rings. The van der Waals surface area contributed by atoms with Crippen molar-refractivity contribution in [2.45, 2.75) is 0 Å². The molecule has 0 saturated carbocycles. The largest absolute Gasteiger partial charge is 0.507 e. The molecule has 1 amide bonds. The molecule has 0 unspecified atom stereocenters. The van der Waals surface area contributed by atoms with Crippen molar-refractivity contribution in [3.05, 3.63) is 66.6 Å². The van der Waals surface area contributed by atoms with Crippen LogP contribution in [0.1, 0.15) is 16.3 Å². The molecule has 3 aromatic heterocycles. The number of carbonyl (C=O) groups excluding carboxylic acids is 1. The SMILES string of the molecule is Cn1cnc(C(=O)NCC#Cc2nccc(N3CCN(c4cc(-c5ccccc5O)nnc4N)CC3)n2)c1. The van der Waals surface area contributed by atoms with Gasteiger partial charge < -0.3 is 30.5 Å². The summed E-state index contributed by atoms with van der Waals surface area (Å²) in [6.07, 6.45) is 4.88. The molecule has 0 bridgehead atoms. The average Bonchev–Trinajstić information content (AvgIpc) is 3.38. The summed E-state index contributed by atoms with van der Waals surface area (Å²) in [5.41, 5.74) is 8.43. The number of phenols is 1. The summed E-state index contributed by atoms with van der Waals surface area (Å²) < 4.78 is 1.70. The number of imidazole rings is 1. The van der Waals surface area contributed by atoms with Gasteiger partial charge in [0.25, 0.3) is 5.91 Å². The number of nitrogens with zero attached hydrogens (tertiary/aromatic N) is 8. The number of para-hydroxylation sites is 1. The van der Waals surface area contributed by atoms with Crippen molar-refractivity contribution in [2.75, 3.05) is 48.3 Å². The number of hydrogen-bond acceptors (Lipinski definition) is 10. The molecule has 4 heterocycles. The Hall–Kier alpha value is -5.18. The normalized spacial score (nSPS) is 13.1. The number of carbonyl (C=O) groups is 1. The van der Waals surface area contributed by atoms with E-state index in [2.05, 4.69) is 52.1 Å². The van der Waals surface area contributed by atoms with Crippen molar-refractivity contribution >= 4 is 23.2 Å². The minimum atomic E-state index is -0.287. The molecule has 1 aromatic carbocycles. The van der Waals surface area contributed by atoms with Gasteiger partial charge in [-0.3, -0.25) is 4.79 Å². The van der Waals surface area contributed by atoms with E-state index in [1.807, 2.05) is 18.2 Å². The van der Waals surface area contributed by atoms with E-state index in [4.69, 9.17) is 5.73 Å². The zero-order chi connectivity index (χ0) is 26.5. The molecule has 192 valence electrons. The van der Waals surface area contributed by atoms with Crippen LogP contribution in [-0.4, -0.2) is 73.5 Å². The van der Waals surface area contributed by atoms with Crippen molar-refractivity contribution in [3.63, 3.8) is 0 Å². The van der Waals surface area contributed by atoms with E-state index >= 15 is 0 Å². The Balaban J connectivity index is 1.20. The zero-order valence-corrected chi connectivity index (χ0v) is 20.7. The van der Waals surface area contributed by atoms with Crippen molar-refractivity contribution in [2.24, 2.45) is 7.05 Å². The van der Waals surface area contributed by atoms with Gasteiger partial charge in [0.1, 0.15) is 17.3 Å². The first-order chi connectivity index (χ1) is 18.5. The molecule has 1 fully saturated rings.